The highest BCUT2D eigenvalue weighted by molar-refractivity contribution is 5.23. The first-order chi connectivity index (χ1) is 8.33. The van der Waals surface area contributed by atoms with Crippen molar-refractivity contribution in [3.63, 3.8) is 0 Å². The van der Waals surface area contributed by atoms with Crippen LogP contribution in [0.25, 0.3) is 0 Å². The molecule has 94 valence electrons. The van der Waals surface area contributed by atoms with Crippen LogP contribution in [0, 0.1) is 6.92 Å². The van der Waals surface area contributed by atoms with Crippen molar-refractivity contribution in [2.24, 2.45) is 0 Å². The average molecular weight is 233 g/mol. The van der Waals surface area contributed by atoms with Gasteiger partial charge in [0.2, 0.25) is 0 Å². The molecule has 0 spiro atoms. The number of rotatable bonds is 8. The maximum Gasteiger partial charge on any atom is 0.0587 e. The second-order valence-corrected chi connectivity index (χ2v) is 4.20. The summed E-state index contributed by atoms with van der Waals surface area (Å²) in [6.45, 7) is 4.87. The number of ether oxygens (including phenoxy) is 1. The average Bonchev–Trinajstić information content (AvgIpc) is 2.33. The molecule has 0 amide bonds. The lowest BCUT2D eigenvalue weighted by Gasteiger charge is -2.01. The van der Waals surface area contributed by atoms with Crippen LogP contribution >= 0.6 is 0 Å². The van der Waals surface area contributed by atoms with Crippen molar-refractivity contribution < 1.29 is 4.74 Å². The van der Waals surface area contributed by atoms with Gasteiger partial charge in [-0.25, -0.2) is 0 Å². The monoisotopic (exact) mass is 233 g/mol. The third kappa shape index (κ3) is 6.93. The molecule has 0 atom stereocenters. The molecule has 0 aliphatic heterocycles. The first kappa shape index (κ1) is 13.9. The van der Waals surface area contributed by atoms with E-state index in [1.54, 1.807) is 7.11 Å². The fourth-order valence-electron chi connectivity index (χ4n) is 1.66. The number of aryl methyl sites for hydroxylation is 1. The van der Waals surface area contributed by atoms with E-state index in [9.17, 15) is 0 Å². The Morgan fingerprint density at radius 1 is 1.24 bits per heavy atom. The number of methoxy groups -OCH3 is 1. The maximum atomic E-state index is 4.96. The molecule has 17 heavy (non-hydrogen) atoms. The number of hydrogen-bond donors (Lipinski definition) is 1. The Kier molecular flexibility index (Phi) is 7.35. The van der Waals surface area contributed by atoms with Crippen molar-refractivity contribution in [2.75, 3.05) is 26.8 Å². The largest absolute Gasteiger partial charge is 0.383 e. The topological polar surface area (TPSA) is 21.3 Å². The molecule has 0 unspecified atom stereocenters. The lowest BCUT2D eigenvalue weighted by molar-refractivity contribution is 0.199. The van der Waals surface area contributed by atoms with Crippen LogP contribution in [0.1, 0.15) is 17.5 Å². The minimum absolute atomic E-state index is 0.785. The lowest BCUT2D eigenvalue weighted by atomic mass is 10.1. The van der Waals surface area contributed by atoms with E-state index in [4.69, 9.17) is 4.74 Å². The molecule has 2 nitrogen and oxygen atoms in total. The van der Waals surface area contributed by atoms with Gasteiger partial charge in [0.15, 0.2) is 0 Å². The summed E-state index contributed by atoms with van der Waals surface area (Å²) >= 11 is 0. The first-order valence-electron chi connectivity index (χ1n) is 6.23. The van der Waals surface area contributed by atoms with Crippen molar-refractivity contribution in [3.05, 3.63) is 47.5 Å². The second kappa shape index (κ2) is 8.97. The predicted molar refractivity (Wildman–Crippen MR) is 73.4 cm³/mol. The van der Waals surface area contributed by atoms with Crippen LogP contribution in [-0.4, -0.2) is 26.8 Å². The van der Waals surface area contributed by atoms with E-state index >= 15 is 0 Å². The summed E-state index contributed by atoms with van der Waals surface area (Å²) in [7, 11) is 1.73. The maximum absolute atomic E-state index is 4.96. The van der Waals surface area contributed by atoms with E-state index < -0.39 is 0 Å². The summed E-state index contributed by atoms with van der Waals surface area (Å²) in [5.41, 5.74) is 2.71. The van der Waals surface area contributed by atoms with Gasteiger partial charge in [-0.2, -0.15) is 0 Å². The van der Waals surface area contributed by atoms with E-state index in [0.717, 1.165) is 32.5 Å². The summed E-state index contributed by atoms with van der Waals surface area (Å²) in [6.07, 6.45) is 6.59. The highest BCUT2D eigenvalue weighted by atomic mass is 16.5. The third-order valence-corrected chi connectivity index (χ3v) is 2.57. The van der Waals surface area contributed by atoms with Gasteiger partial charge >= 0.3 is 0 Å². The molecule has 0 bridgehead atoms. The zero-order valence-corrected chi connectivity index (χ0v) is 10.9. The fourth-order valence-corrected chi connectivity index (χ4v) is 1.66. The second-order valence-electron chi connectivity index (χ2n) is 4.20. The van der Waals surface area contributed by atoms with Gasteiger partial charge in [-0.3, -0.25) is 0 Å². The van der Waals surface area contributed by atoms with Crippen molar-refractivity contribution in [1.82, 2.24) is 5.32 Å². The highest BCUT2D eigenvalue weighted by Crippen LogP contribution is 2.05. The Morgan fingerprint density at radius 2 is 2.12 bits per heavy atom. The minimum Gasteiger partial charge on any atom is -0.383 e. The zero-order chi connectivity index (χ0) is 12.3. The molecule has 0 aromatic heterocycles. The van der Waals surface area contributed by atoms with Gasteiger partial charge in [-0.1, -0.05) is 42.0 Å². The summed E-state index contributed by atoms with van der Waals surface area (Å²) in [6, 6.07) is 8.66. The highest BCUT2D eigenvalue weighted by Gasteiger charge is 1.89. The number of benzene rings is 1. The van der Waals surface area contributed by atoms with Crippen LogP contribution < -0.4 is 5.32 Å². The van der Waals surface area contributed by atoms with Gasteiger partial charge in [-0.15, -0.1) is 0 Å². The Morgan fingerprint density at radius 3 is 2.88 bits per heavy atom. The van der Waals surface area contributed by atoms with E-state index in [1.165, 1.54) is 11.1 Å². The Balaban J connectivity index is 2.10. The Labute approximate surface area is 105 Å². The molecule has 1 N–H and O–H groups in total. The molecule has 0 heterocycles. The van der Waals surface area contributed by atoms with Crippen LogP contribution in [0.3, 0.4) is 0 Å². The van der Waals surface area contributed by atoms with Crippen LogP contribution in [0.5, 0.6) is 0 Å². The summed E-state index contributed by atoms with van der Waals surface area (Å²) < 4.78 is 4.96. The molecular weight excluding hydrogens is 210 g/mol. The normalized spacial score (nSPS) is 11.2. The smallest absolute Gasteiger partial charge is 0.0587 e. The van der Waals surface area contributed by atoms with Gasteiger partial charge in [0.1, 0.15) is 0 Å². The van der Waals surface area contributed by atoms with Gasteiger partial charge < -0.3 is 10.1 Å². The van der Waals surface area contributed by atoms with Crippen molar-refractivity contribution >= 4 is 0 Å². The van der Waals surface area contributed by atoms with Crippen molar-refractivity contribution in [2.45, 2.75) is 19.8 Å². The summed E-state index contributed by atoms with van der Waals surface area (Å²) in [5, 5.41) is 3.32. The molecule has 0 saturated heterocycles. The molecule has 1 rings (SSSR count). The molecule has 0 saturated carbocycles. The predicted octanol–water partition coefficient (Wildman–Crippen LogP) is 2.72. The quantitative estimate of drug-likeness (QED) is 0.550. The van der Waals surface area contributed by atoms with Gasteiger partial charge in [0, 0.05) is 13.7 Å². The molecule has 1 aromatic carbocycles. The molecule has 0 radical (unpaired) electrons. The first-order valence-corrected chi connectivity index (χ1v) is 6.23. The van der Waals surface area contributed by atoms with Gasteiger partial charge in [-0.05, 0) is 31.9 Å². The van der Waals surface area contributed by atoms with E-state index in [2.05, 4.69) is 48.7 Å². The van der Waals surface area contributed by atoms with Crippen molar-refractivity contribution in [3.8, 4) is 0 Å². The van der Waals surface area contributed by atoms with E-state index in [-0.39, 0.29) is 0 Å². The van der Waals surface area contributed by atoms with Crippen molar-refractivity contribution in [1.29, 1.82) is 0 Å². The lowest BCUT2D eigenvalue weighted by Crippen LogP contribution is -2.19. The van der Waals surface area contributed by atoms with E-state index in [1.807, 2.05) is 0 Å². The van der Waals surface area contributed by atoms with Crippen LogP contribution in [0.4, 0.5) is 0 Å². The standard InChI is InChI=1S/C15H23NO/c1-14-7-6-9-15(13-14)8-4-3-5-10-16-11-12-17-2/h3-4,6-7,9,13,16H,5,8,10-12H2,1-2H3. The molecule has 1 aromatic rings. The van der Waals surface area contributed by atoms with E-state index in [0.29, 0.717) is 0 Å². The molecule has 2 heteroatoms. The summed E-state index contributed by atoms with van der Waals surface area (Å²) in [5.74, 6) is 0. The molecular formula is C15H23NO. The Bertz CT molecular complexity index is 333. The number of allylic oxidation sites excluding steroid dienone is 1. The van der Waals surface area contributed by atoms with Crippen LogP contribution in [-0.2, 0) is 11.2 Å². The Hall–Kier alpha value is -1.12. The number of hydrogen-bond acceptors (Lipinski definition) is 2. The van der Waals surface area contributed by atoms with Crippen LogP contribution in [0.15, 0.2) is 36.4 Å². The number of nitrogens with one attached hydrogen (secondary N) is 1. The SMILES string of the molecule is COCCNCCC=CCc1cccc(C)c1. The van der Waals surface area contributed by atoms with Gasteiger partial charge in [0.25, 0.3) is 0 Å². The fraction of sp³-hybridized carbons (Fsp3) is 0.467. The molecule has 0 aliphatic carbocycles. The van der Waals surface area contributed by atoms with Crippen LogP contribution in [0.2, 0.25) is 0 Å². The zero-order valence-electron chi connectivity index (χ0n) is 10.9. The molecule has 0 fully saturated rings. The molecule has 0 aliphatic rings. The minimum atomic E-state index is 0.785. The third-order valence-electron chi connectivity index (χ3n) is 2.57. The summed E-state index contributed by atoms with van der Waals surface area (Å²) in [4.78, 5) is 0. The van der Waals surface area contributed by atoms with Gasteiger partial charge in [0.05, 0.1) is 6.61 Å².